The maximum atomic E-state index is 11.8. The Morgan fingerprint density at radius 1 is 1.09 bits per heavy atom. The van der Waals surface area contributed by atoms with Crippen LogP contribution in [0.5, 0.6) is 11.5 Å². The maximum absolute atomic E-state index is 11.8. The molecule has 2 aromatic rings. The van der Waals surface area contributed by atoms with Gasteiger partial charge in [-0.2, -0.15) is 12.6 Å². The summed E-state index contributed by atoms with van der Waals surface area (Å²) >= 11 is 4.33. The average Bonchev–Trinajstić information content (AvgIpc) is 2.60. The molecule has 0 aromatic heterocycles. The Bertz CT molecular complexity index is 670. The van der Waals surface area contributed by atoms with Crippen molar-refractivity contribution in [1.82, 2.24) is 0 Å². The number of methoxy groups -OCH3 is 1. The highest BCUT2D eigenvalue weighted by atomic mass is 32.1. The summed E-state index contributed by atoms with van der Waals surface area (Å²) in [6.07, 6.45) is 0. The molecule has 0 aliphatic rings. The van der Waals surface area contributed by atoms with Crippen LogP contribution in [-0.2, 0) is 17.1 Å². The molecule has 0 aliphatic carbocycles. The predicted molar refractivity (Wildman–Crippen MR) is 92.4 cm³/mol. The quantitative estimate of drug-likeness (QED) is 0.617. The molecule has 0 saturated heterocycles. The molecule has 0 spiro atoms. The lowest BCUT2D eigenvalue weighted by molar-refractivity contribution is 0.0526. The fraction of sp³-hybridized carbons (Fsp3) is 0.278. The molecule has 0 saturated carbocycles. The van der Waals surface area contributed by atoms with Gasteiger partial charge in [0.15, 0.2) is 0 Å². The molecule has 0 aliphatic heterocycles. The maximum Gasteiger partial charge on any atom is 0.338 e. The van der Waals surface area contributed by atoms with Crippen molar-refractivity contribution in [2.45, 2.75) is 19.3 Å². The highest BCUT2D eigenvalue weighted by Crippen LogP contribution is 2.22. The summed E-state index contributed by atoms with van der Waals surface area (Å²) in [5.41, 5.74) is 2.56. The van der Waals surface area contributed by atoms with Gasteiger partial charge in [-0.15, -0.1) is 0 Å². The van der Waals surface area contributed by atoms with Crippen molar-refractivity contribution in [1.29, 1.82) is 0 Å². The first-order chi connectivity index (χ1) is 11.2. The zero-order valence-corrected chi connectivity index (χ0v) is 14.1. The Balaban J connectivity index is 2.12. The standard InChI is InChI=1S/C18H20O4S/c1-3-21-18(19)13-5-4-6-17(9-13)22-11-15-10-16(20-2)8-7-14(15)12-23/h4-10,23H,3,11-12H2,1-2H3. The van der Waals surface area contributed by atoms with E-state index in [1.54, 1.807) is 32.2 Å². The first kappa shape index (κ1) is 17.2. The van der Waals surface area contributed by atoms with Gasteiger partial charge in [-0.3, -0.25) is 0 Å². The molecule has 4 nitrogen and oxygen atoms in total. The summed E-state index contributed by atoms with van der Waals surface area (Å²) in [5, 5.41) is 0. The Kier molecular flexibility index (Phi) is 6.35. The number of hydrogen-bond acceptors (Lipinski definition) is 5. The number of rotatable bonds is 7. The van der Waals surface area contributed by atoms with E-state index < -0.39 is 0 Å². The number of hydrogen-bond donors (Lipinski definition) is 1. The first-order valence-electron chi connectivity index (χ1n) is 7.34. The monoisotopic (exact) mass is 332 g/mol. The van der Waals surface area contributed by atoms with Crippen molar-refractivity contribution >= 4 is 18.6 Å². The summed E-state index contributed by atoms with van der Waals surface area (Å²) in [6.45, 7) is 2.50. The summed E-state index contributed by atoms with van der Waals surface area (Å²) in [5.74, 6) is 1.65. The molecular formula is C18H20O4S. The fourth-order valence-electron chi connectivity index (χ4n) is 2.11. The summed E-state index contributed by atoms with van der Waals surface area (Å²) in [7, 11) is 1.63. The van der Waals surface area contributed by atoms with E-state index in [2.05, 4.69) is 12.6 Å². The highest BCUT2D eigenvalue weighted by molar-refractivity contribution is 7.79. The summed E-state index contributed by atoms with van der Waals surface area (Å²) < 4.78 is 16.0. The van der Waals surface area contributed by atoms with Crippen LogP contribution in [0.15, 0.2) is 42.5 Å². The second-order valence-corrected chi connectivity index (χ2v) is 5.15. The topological polar surface area (TPSA) is 44.8 Å². The van der Waals surface area contributed by atoms with Gasteiger partial charge < -0.3 is 14.2 Å². The molecule has 0 unspecified atom stereocenters. The normalized spacial score (nSPS) is 10.2. The molecule has 0 radical (unpaired) electrons. The summed E-state index contributed by atoms with van der Waals surface area (Å²) in [6, 6.07) is 12.8. The molecule has 2 rings (SSSR count). The van der Waals surface area contributed by atoms with E-state index in [1.807, 2.05) is 24.3 Å². The average molecular weight is 332 g/mol. The third-order valence-corrected chi connectivity index (χ3v) is 3.66. The van der Waals surface area contributed by atoms with Crippen LogP contribution in [-0.4, -0.2) is 19.7 Å². The van der Waals surface area contributed by atoms with Crippen molar-refractivity contribution in [2.24, 2.45) is 0 Å². The van der Waals surface area contributed by atoms with Gasteiger partial charge >= 0.3 is 5.97 Å². The molecule has 0 amide bonds. The second-order valence-electron chi connectivity index (χ2n) is 4.83. The molecular weight excluding hydrogens is 312 g/mol. The first-order valence-corrected chi connectivity index (χ1v) is 7.97. The minimum Gasteiger partial charge on any atom is -0.497 e. The lowest BCUT2D eigenvalue weighted by Gasteiger charge is -2.12. The molecule has 0 bridgehead atoms. The van der Waals surface area contributed by atoms with E-state index in [1.165, 1.54) is 0 Å². The van der Waals surface area contributed by atoms with Gasteiger partial charge in [-0.1, -0.05) is 12.1 Å². The molecule has 0 N–H and O–H groups in total. The van der Waals surface area contributed by atoms with Gasteiger partial charge in [0.05, 0.1) is 19.3 Å². The third-order valence-electron chi connectivity index (χ3n) is 3.32. The van der Waals surface area contributed by atoms with Crippen LogP contribution in [0, 0.1) is 0 Å². The second kappa shape index (κ2) is 8.48. The Morgan fingerprint density at radius 2 is 1.91 bits per heavy atom. The van der Waals surface area contributed by atoms with Gasteiger partial charge in [0.25, 0.3) is 0 Å². The van der Waals surface area contributed by atoms with Crippen LogP contribution in [0.3, 0.4) is 0 Å². The SMILES string of the molecule is CCOC(=O)c1cccc(OCc2cc(OC)ccc2CS)c1. The number of esters is 1. The van der Waals surface area contributed by atoms with Gasteiger partial charge in [-0.25, -0.2) is 4.79 Å². The van der Waals surface area contributed by atoms with Crippen molar-refractivity contribution in [2.75, 3.05) is 13.7 Å². The number of benzene rings is 2. The van der Waals surface area contributed by atoms with E-state index in [-0.39, 0.29) is 5.97 Å². The zero-order valence-electron chi connectivity index (χ0n) is 13.2. The molecule has 5 heteroatoms. The molecule has 122 valence electrons. The van der Waals surface area contributed by atoms with Gasteiger partial charge in [0, 0.05) is 5.75 Å². The van der Waals surface area contributed by atoms with Crippen molar-refractivity contribution < 1.29 is 19.0 Å². The largest absolute Gasteiger partial charge is 0.497 e. The van der Waals surface area contributed by atoms with Crippen LogP contribution in [0.4, 0.5) is 0 Å². The molecule has 2 aromatic carbocycles. The van der Waals surface area contributed by atoms with Crippen molar-refractivity contribution in [3.63, 3.8) is 0 Å². The highest BCUT2D eigenvalue weighted by Gasteiger charge is 2.09. The van der Waals surface area contributed by atoms with Crippen LogP contribution < -0.4 is 9.47 Å². The predicted octanol–water partition coefficient (Wildman–Crippen LogP) is 3.88. The van der Waals surface area contributed by atoms with Crippen LogP contribution >= 0.6 is 12.6 Å². The number of ether oxygens (including phenoxy) is 3. The number of carbonyl (C=O) groups is 1. The Labute approximate surface area is 141 Å². The van der Waals surface area contributed by atoms with E-state index in [9.17, 15) is 4.79 Å². The number of carbonyl (C=O) groups excluding carboxylic acids is 1. The number of thiol groups is 1. The van der Waals surface area contributed by atoms with E-state index >= 15 is 0 Å². The molecule has 0 atom stereocenters. The minimum absolute atomic E-state index is 0.346. The van der Waals surface area contributed by atoms with Crippen LogP contribution in [0.2, 0.25) is 0 Å². The van der Waals surface area contributed by atoms with Gasteiger partial charge in [0.2, 0.25) is 0 Å². The lowest BCUT2D eigenvalue weighted by Crippen LogP contribution is -2.05. The van der Waals surface area contributed by atoms with E-state index in [0.717, 1.165) is 16.9 Å². The van der Waals surface area contributed by atoms with Crippen molar-refractivity contribution in [3.05, 3.63) is 59.2 Å². The minimum atomic E-state index is -0.352. The van der Waals surface area contributed by atoms with Crippen LogP contribution in [0.1, 0.15) is 28.4 Å². The van der Waals surface area contributed by atoms with Gasteiger partial charge in [-0.05, 0) is 48.4 Å². The van der Waals surface area contributed by atoms with E-state index in [0.29, 0.717) is 30.3 Å². The molecule has 23 heavy (non-hydrogen) atoms. The van der Waals surface area contributed by atoms with Crippen LogP contribution in [0.25, 0.3) is 0 Å². The van der Waals surface area contributed by atoms with Gasteiger partial charge in [0.1, 0.15) is 18.1 Å². The van der Waals surface area contributed by atoms with E-state index in [4.69, 9.17) is 14.2 Å². The zero-order chi connectivity index (χ0) is 16.7. The summed E-state index contributed by atoms with van der Waals surface area (Å²) in [4.78, 5) is 11.8. The lowest BCUT2D eigenvalue weighted by atomic mass is 10.1. The van der Waals surface area contributed by atoms with Crippen molar-refractivity contribution in [3.8, 4) is 11.5 Å². The third kappa shape index (κ3) is 4.66. The molecule has 0 fully saturated rings. The Morgan fingerprint density at radius 3 is 2.61 bits per heavy atom. The molecule has 0 heterocycles. The smallest absolute Gasteiger partial charge is 0.338 e. The Hall–Kier alpha value is -2.14. The fourth-order valence-corrected chi connectivity index (χ4v) is 2.41.